The highest BCUT2D eigenvalue weighted by Crippen LogP contribution is 2.05. The zero-order valence-corrected chi connectivity index (χ0v) is 8.86. The van der Waals surface area contributed by atoms with E-state index in [0.717, 1.165) is 25.1 Å². The van der Waals surface area contributed by atoms with E-state index in [9.17, 15) is 4.79 Å². The molecule has 1 amide bonds. The number of amides is 1. The van der Waals surface area contributed by atoms with Crippen LogP contribution < -0.4 is 10.6 Å². The summed E-state index contributed by atoms with van der Waals surface area (Å²) >= 11 is 0. The van der Waals surface area contributed by atoms with Gasteiger partial charge in [-0.1, -0.05) is 0 Å². The SMILES string of the molecule is Cn1nccc1CNC(=O)[C@H]1CCCN1. The van der Waals surface area contributed by atoms with Gasteiger partial charge in [-0.15, -0.1) is 0 Å². The van der Waals surface area contributed by atoms with Crippen molar-refractivity contribution in [2.24, 2.45) is 7.05 Å². The lowest BCUT2D eigenvalue weighted by atomic mass is 10.2. The number of carbonyl (C=O) groups excluding carboxylic acids is 1. The molecule has 1 aliphatic heterocycles. The molecule has 5 nitrogen and oxygen atoms in total. The smallest absolute Gasteiger partial charge is 0.237 e. The molecule has 15 heavy (non-hydrogen) atoms. The standard InChI is InChI=1S/C10H16N4O/c1-14-8(4-6-13-14)7-12-10(15)9-3-2-5-11-9/h4,6,9,11H,2-3,5,7H2,1H3,(H,12,15)/t9-/m1/s1. The molecular weight excluding hydrogens is 192 g/mol. The lowest BCUT2D eigenvalue weighted by Gasteiger charge is -2.10. The van der Waals surface area contributed by atoms with Gasteiger partial charge in [0.05, 0.1) is 18.3 Å². The molecule has 1 aliphatic rings. The van der Waals surface area contributed by atoms with Crippen LogP contribution in [0.5, 0.6) is 0 Å². The first-order valence-corrected chi connectivity index (χ1v) is 5.25. The highest BCUT2D eigenvalue weighted by Gasteiger charge is 2.21. The normalized spacial score (nSPS) is 20.5. The van der Waals surface area contributed by atoms with Crippen molar-refractivity contribution < 1.29 is 4.79 Å². The Balaban J connectivity index is 1.83. The van der Waals surface area contributed by atoms with E-state index in [1.165, 1.54) is 0 Å². The van der Waals surface area contributed by atoms with Gasteiger partial charge in [0, 0.05) is 13.2 Å². The second-order valence-electron chi connectivity index (χ2n) is 3.81. The summed E-state index contributed by atoms with van der Waals surface area (Å²) in [5, 5.41) is 10.1. The third kappa shape index (κ3) is 2.36. The summed E-state index contributed by atoms with van der Waals surface area (Å²) in [5.41, 5.74) is 1.02. The van der Waals surface area contributed by atoms with Gasteiger partial charge in [0.15, 0.2) is 0 Å². The van der Waals surface area contributed by atoms with E-state index in [1.54, 1.807) is 10.9 Å². The number of nitrogens with zero attached hydrogens (tertiary/aromatic N) is 2. The van der Waals surface area contributed by atoms with Crippen LogP contribution in [0.1, 0.15) is 18.5 Å². The lowest BCUT2D eigenvalue weighted by Crippen LogP contribution is -2.40. The second-order valence-corrected chi connectivity index (χ2v) is 3.81. The van der Waals surface area contributed by atoms with Gasteiger partial charge in [-0.2, -0.15) is 5.10 Å². The van der Waals surface area contributed by atoms with Crippen LogP contribution in [0.25, 0.3) is 0 Å². The Bertz CT molecular complexity index is 341. The van der Waals surface area contributed by atoms with Gasteiger partial charge in [-0.25, -0.2) is 0 Å². The largest absolute Gasteiger partial charge is 0.349 e. The molecule has 0 saturated carbocycles. The van der Waals surface area contributed by atoms with Gasteiger partial charge in [-0.05, 0) is 25.5 Å². The van der Waals surface area contributed by atoms with Crippen LogP contribution in [0.15, 0.2) is 12.3 Å². The maximum absolute atomic E-state index is 11.6. The molecule has 82 valence electrons. The number of nitrogens with one attached hydrogen (secondary N) is 2. The van der Waals surface area contributed by atoms with Crippen molar-refractivity contribution in [3.8, 4) is 0 Å². The van der Waals surface area contributed by atoms with Crippen molar-refractivity contribution in [2.75, 3.05) is 6.54 Å². The van der Waals surface area contributed by atoms with E-state index >= 15 is 0 Å². The Kier molecular flexibility index (Phi) is 3.01. The molecule has 0 aromatic carbocycles. The summed E-state index contributed by atoms with van der Waals surface area (Å²) in [6.07, 6.45) is 3.76. The predicted molar refractivity (Wildman–Crippen MR) is 56.1 cm³/mol. The van der Waals surface area contributed by atoms with Crippen LogP contribution in [0, 0.1) is 0 Å². The van der Waals surface area contributed by atoms with Crippen molar-refractivity contribution in [1.29, 1.82) is 0 Å². The number of aromatic nitrogens is 2. The first kappa shape index (κ1) is 10.2. The Morgan fingerprint density at radius 2 is 2.67 bits per heavy atom. The van der Waals surface area contributed by atoms with Crippen LogP contribution in [0.4, 0.5) is 0 Å². The van der Waals surface area contributed by atoms with E-state index in [0.29, 0.717) is 6.54 Å². The van der Waals surface area contributed by atoms with E-state index in [4.69, 9.17) is 0 Å². The number of aryl methyl sites for hydroxylation is 1. The van der Waals surface area contributed by atoms with E-state index in [2.05, 4.69) is 15.7 Å². The molecule has 2 rings (SSSR count). The zero-order chi connectivity index (χ0) is 10.7. The van der Waals surface area contributed by atoms with E-state index < -0.39 is 0 Å². The molecule has 0 radical (unpaired) electrons. The fraction of sp³-hybridized carbons (Fsp3) is 0.600. The van der Waals surface area contributed by atoms with Gasteiger partial charge in [0.2, 0.25) is 5.91 Å². The van der Waals surface area contributed by atoms with Crippen LogP contribution in [0.3, 0.4) is 0 Å². The molecule has 1 saturated heterocycles. The molecule has 2 heterocycles. The maximum atomic E-state index is 11.6. The molecule has 5 heteroatoms. The predicted octanol–water partition coefficient (Wildman–Crippen LogP) is -0.212. The molecule has 1 aromatic rings. The lowest BCUT2D eigenvalue weighted by molar-refractivity contribution is -0.122. The highest BCUT2D eigenvalue weighted by molar-refractivity contribution is 5.81. The molecule has 0 spiro atoms. The Labute approximate surface area is 88.8 Å². The molecule has 0 aliphatic carbocycles. The summed E-state index contributed by atoms with van der Waals surface area (Å²) < 4.78 is 1.77. The van der Waals surface area contributed by atoms with Crippen LogP contribution >= 0.6 is 0 Å². The first-order chi connectivity index (χ1) is 7.27. The molecule has 2 N–H and O–H groups in total. The minimum absolute atomic E-state index is 0.00164. The Morgan fingerprint density at radius 1 is 1.80 bits per heavy atom. The summed E-state index contributed by atoms with van der Waals surface area (Å²) in [6.45, 7) is 1.50. The van der Waals surface area contributed by atoms with E-state index in [-0.39, 0.29) is 11.9 Å². The summed E-state index contributed by atoms with van der Waals surface area (Å²) in [5.74, 6) is 0.0914. The second kappa shape index (κ2) is 4.44. The van der Waals surface area contributed by atoms with Crippen molar-refractivity contribution in [2.45, 2.75) is 25.4 Å². The quantitative estimate of drug-likeness (QED) is 0.722. The van der Waals surface area contributed by atoms with Crippen LogP contribution in [-0.2, 0) is 18.4 Å². The monoisotopic (exact) mass is 208 g/mol. The topological polar surface area (TPSA) is 59.0 Å². The molecule has 1 aromatic heterocycles. The Morgan fingerprint density at radius 3 is 3.27 bits per heavy atom. The van der Waals surface area contributed by atoms with Gasteiger partial charge < -0.3 is 10.6 Å². The van der Waals surface area contributed by atoms with Crippen molar-refractivity contribution in [3.05, 3.63) is 18.0 Å². The third-order valence-electron chi connectivity index (χ3n) is 2.74. The zero-order valence-electron chi connectivity index (χ0n) is 8.86. The van der Waals surface area contributed by atoms with Gasteiger partial charge in [0.1, 0.15) is 0 Å². The van der Waals surface area contributed by atoms with Crippen LogP contribution in [-0.4, -0.2) is 28.3 Å². The third-order valence-corrected chi connectivity index (χ3v) is 2.74. The first-order valence-electron chi connectivity index (χ1n) is 5.25. The summed E-state index contributed by atoms with van der Waals surface area (Å²) in [4.78, 5) is 11.6. The minimum Gasteiger partial charge on any atom is -0.349 e. The van der Waals surface area contributed by atoms with Crippen molar-refractivity contribution >= 4 is 5.91 Å². The molecule has 0 bridgehead atoms. The van der Waals surface area contributed by atoms with E-state index in [1.807, 2.05) is 13.1 Å². The molecule has 1 atom stereocenters. The van der Waals surface area contributed by atoms with Gasteiger partial charge in [0.25, 0.3) is 0 Å². The average Bonchev–Trinajstić information content (AvgIpc) is 2.85. The molecule has 1 fully saturated rings. The van der Waals surface area contributed by atoms with Gasteiger partial charge in [-0.3, -0.25) is 9.48 Å². The maximum Gasteiger partial charge on any atom is 0.237 e. The summed E-state index contributed by atoms with van der Waals surface area (Å²) in [7, 11) is 1.87. The Hall–Kier alpha value is -1.36. The highest BCUT2D eigenvalue weighted by atomic mass is 16.2. The molecular formula is C10H16N4O. The average molecular weight is 208 g/mol. The number of hydrogen-bond acceptors (Lipinski definition) is 3. The minimum atomic E-state index is -0.00164. The number of carbonyl (C=O) groups is 1. The van der Waals surface area contributed by atoms with Crippen LogP contribution in [0.2, 0.25) is 0 Å². The molecule has 0 unspecified atom stereocenters. The fourth-order valence-corrected chi connectivity index (χ4v) is 1.78. The number of rotatable bonds is 3. The fourth-order valence-electron chi connectivity index (χ4n) is 1.78. The van der Waals surface area contributed by atoms with Crippen molar-refractivity contribution in [1.82, 2.24) is 20.4 Å². The number of hydrogen-bond donors (Lipinski definition) is 2. The summed E-state index contributed by atoms with van der Waals surface area (Å²) in [6, 6.07) is 1.90. The van der Waals surface area contributed by atoms with Crippen molar-refractivity contribution in [3.63, 3.8) is 0 Å². The van der Waals surface area contributed by atoms with Gasteiger partial charge >= 0.3 is 0 Å².